The molecule has 0 spiro atoms. The lowest BCUT2D eigenvalue weighted by atomic mass is 10.0. The van der Waals surface area contributed by atoms with Gasteiger partial charge in [-0.05, 0) is 83.5 Å². The van der Waals surface area contributed by atoms with Crippen LogP contribution in [0.4, 0.5) is 0 Å². The van der Waals surface area contributed by atoms with E-state index in [1.165, 1.54) is 70.6 Å². The summed E-state index contributed by atoms with van der Waals surface area (Å²) in [5.41, 5.74) is 0. The minimum Gasteiger partial charge on any atom is -0.462 e. The van der Waals surface area contributed by atoms with Gasteiger partial charge in [0.25, 0.3) is 0 Å². The predicted octanol–water partition coefficient (Wildman–Crippen LogP) is 16.6. The number of amides is 1. The number of aliphatic hydroxyl groups excluding tert-OH is 2. The van der Waals surface area contributed by atoms with E-state index in [1.807, 2.05) is 60.8 Å². The summed E-state index contributed by atoms with van der Waals surface area (Å²) in [5.74, 6) is -0.599. The molecule has 0 aliphatic heterocycles. The zero-order valence-corrected chi connectivity index (χ0v) is 43.0. The lowest BCUT2D eigenvalue weighted by Crippen LogP contribution is -2.46. The van der Waals surface area contributed by atoms with Gasteiger partial charge in [0.1, 0.15) is 6.10 Å². The maximum Gasteiger partial charge on any atom is 0.306 e. The van der Waals surface area contributed by atoms with Crippen LogP contribution in [0.2, 0.25) is 0 Å². The number of hydrogen-bond acceptors (Lipinski definition) is 5. The van der Waals surface area contributed by atoms with Crippen LogP contribution in [0.25, 0.3) is 0 Å². The zero-order chi connectivity index (χ0) is 48.8. The quantitative estimate of drug-likeness (QED) is 0.0245. The molecule has 0 radical (unpaired) electrons. The van der Waals surface area contributed by atoms with Gasteiger partial charge in [0.2, 0.25) is 5.91 Å². The highest BCUT2D eigenvalue weighted by molar-refractivity contribution is 5.77. The monoisotopic (exact) mass is 926 g/mol. The van der Waals surface area contributed by atoms with Crippen LogP contribution in [-0.4, -0.2) is 46.9 Å². The summed E-state index contributed by atoms with van der Waals surface area (Å²) in [6, 6.07) is -0.743. The number of allylic oxidation sites excluding steroid dienone is 22. The molecule has 0 aromatic rings. The molecule has 6 nitrogen and oxygen atoms in total. The summed E-state index contributed by atoms with van der Waals surface area (Å²) in [6.45, 7) is 6.19. The van der Waals surface area contributed by atoms with Gasteiger partial charge in [0.15, 0.2) is 0 Å². The van der Waals surface area contributed by atoms with Gasteiger partial charge in [-0.15, -0.1) is 0 Å². The molecule has 3 atom stereocenters. The number of hydrogen-bond donors (Lipinski definition) is 3. The van der Waals surface area contributed by atoms with Crippen molar-refractivity contribution in [2.45, 2.75) is 232 Å². The topological polar surface area (TPSA) is 95.9 Å². The molecule has 0 aromatic carbocycles. The van der Waals surface area contributed by atoms with E-state index < -0.39 is 18.2 Å². The lowest BCUT2D eigenvalue weighted by Gasteiger charge is -2.24. The maximum absolute atomic E-state index is 13.2. The first-order valence-corrected chi connectivity index (χ1v) is 27.0. The van der Waals surface area contributed by atoms with E-state index in [1.54, 1.807) is 0 Å². The summed E-state index contributed by atoms with van der Waals surface area (Å²) in [5, 5.41) is 23.8. The molecule has 378 valence electrons. The Balaban J connectivity index is 4.78. The minimum atomic E-state index is -0.823. The van der Waals surface area contributed by atoms with Crippen molar-refractivity contribution in [1.82, 2.24) is 5.32 Å². The van der Waals surface area contributed by atoms with Crippen molar-refractivity contribution in [2.75, 3.05) is 6.61 Å². The average Bonchev–Trinajstić information content (AvgIpc) is 3.32. The summed E-state index contributed by atoms with van der Waals surface area (Å²) < 4.78 is 5.89. The van der Waals surface area contributed by atoms with Crippen LogP contribution in [0.1, 0.15) is 213 Å². The first-order valence-electron chi connectivity index (χ1n) is 27.0. The van der Waals surface area contributed by atoms with Crippen LogP contribution in [0.3, 0.4) is 0 Å². The summed E-state index contributed by atoms with van der Waals surface area (Å²) in [6.07, 6.45) is 75.1. The van der Waals surface area contributed by atoms with E-state index >= 15 is 0 Å². The number of rotatable bonds is 46. The second-order valence-corrected chi connectivity index (χ2v) is 17.7. The van der Waals surface area contributed by atoms with Crippen molar-refractivity contribution in [2.24, 2.45) is 0 Å². The summed E-state index contributed by atoms with van der Waals surface area (Å²) >= 11 is 0. The highest BCUT2D eigenvalue weighted by atomic mass is 16.5. The van der Waals surface area contributed by atoms with Crippen LogP contribution in [-0.2, 0) is 14.3 Å². The number of carbonyl (C=O) groups is 2. The molecule has 0 aromatic heterocycles. The maximum atomic E-state index is 13.2. The molecule has 0 fully saturated rings. The second kappa shape index (κ2) is 53.0. The Hall–Kier alpha value is -4.00. The third-order valence-corrected chi connectivity index (χ3v) is 11.4. The van der Waals surface area contributed by atoms with E-state index in [-0.39, 0.29) is 24.9 Å². The van der Waals surface area contributed by atoms with E-state index in [0.29, 0.717) is 19.3 Å². The number of carbonyl (C=O) groups excluding carboxylic acids is 2. The van der Waals surface area contributed by atoms with Crippen molar-refractivity contribution < 1.29 is 24.5 Å². The predicted molar refractivity (Wildman–Crippen MR) is 291 cm³/mol. The first kappa shape index (κ1) is 63.0. The molecule has 0 aliphatic carbocycles. The number of nitrogens with one attached hydrogen (secondary N) is 1. The van der Waals surface area contributed by atoms with Crippen molar-refractivity contribution in [3.8, 4) is 0 Å². The Morgan fingerprint density at radius 3 is 1.40 bits per heavy atom. The van der Waals surface area contributed by atoms with Gasteiger partial charge in [-0.3, -0.25) is 9.59 Å². The molecule has 0 rings (SSSR count). The highest BCUT2D eigenvalue weighted by Crippen LogP contribution is 2.16. The molecule has 0 heterocycles. The smallest absolute Gasteiger partial charge is 0.306 e. The van der Waals surface area contributed by atoms with Crippen molar-refractivity contribution in [3.63, 3.8) is 0 Å². The number of aliphatic hydroxyl groups is 2. The van der Waals surface area contributed by atoms with Gasteiger partial charge in [0.05, 0.1) is 25.2 Å². The lowest BCUT2D eigenvalue weighted by molar-refractivity contribution is -0.151. The molecule has 3 N–H and O–H groups in total. The van der Waals surface area contributed by atoms with Crippen LogP contribution in [0.15, 0.2) is 134 Å². The molecule has 0 saturated heterocycles. The first-order chi connectivity index (χ1) is 33.0. The Bertz CT molecular complexity index is 1460. The fraction of sp³-hybridized carbons (Fsp3) is 0.607. The molecular formula is C61H99NO5. The van der Waals surface area contributed by atoms with Crippen molar-refractivity contribution >= 4 is 11.9 Å². The van der Waals surface area contributed by atoms with E-state index in [2.05, 4.69) is 99.0 Å². The van der Waals surface area contributed by atoms with Gasteiger partial charge in [0, 0.05) is 6.42 Å². The third-order valence-electron chi connectivity index (χ3n) is 11.4. The Morgan fingerprint density at radius 2 is 0.896 bits per heavy atom. The normalized spacial score (nSPS) is 14.3. The van der Waals surface area contributed by atoms with Crippen molar-refractivity contribution in [1.29, 1.82) is 0 Å². The molecular weight excluding hydrogens is 827 g/mol. The molecule has 0 bridgehead atoms. The van der Waals surface area contributed by atoms with Crippen LogP contribution >= 0.6 is 0 Å². The molecule has 0 saturated carbocycles. The van der Waals surface area contributed by atoms with E-state index in [9.17, 15) is 19.8 Å². The number of esters is 1. The van der Waals surface area contributed by atoms with Gasteiger partial charge < -0.3 is 20.3 Å². The fourth-order valence-electron chi connectivity index (χ4n) is 7.38. The standard InChI is InChI=1S/C61H99NO5/c1-4-7-10-13-16-19-22-25-28-29-30-31-33-36-39-42-45-48-51-54-61(66)67-57(52-49-46-43-40-37-34-32-26-23-20-17-14-11-8-5-2)55-60(65)62-58(56-63)59(64)53-50-47-44-41-38-35-27-24-21-18-15-12-9-6-3/h7-8,10-11,14,16-17,19-20,23,25-26,28,30-32,34,36-37,39-40,43,57-59,63-64H,4-6,9,12-13,15,18,21-22,24,27,29,33,35,38,41-42,44-56H2,1-3H3,(H,62,65)/b10-7-,11-8-,17-14+,19-16-,23-20+,28-25-,31-30-,32-26-,37-34+,39-36-,43-40+. The fourth-order valence-corrected chi connectivity index (χ4v) is 7.38. The molecule has 3 unspecified atom stereocenters. The Morgan fingerprint density at radius 1 is 0.463 bits per heavy atom. The summed E-state index contributed by atoms with van der Waals surface area (Å²) in [7, 11) is 0. The molecule has 1 amide bonds. The van der Waals surface area contributed by atoms with Crippen LogP contribution < -0.4 is 5.32 Å². The second-order valence-electron chi connectivity index (χ2n) is 17.7. The number of unbranched alkanes of at least 4 members (excludes halogenated alkanes) is 17. The summed E-state index contributed by atoms with van der Waals surface area (Å²) in [4.78, 5) is 26.2. The minimum absolute atomic E-state index is 0.00387. The Kier molecular flexibility index (Phi) is 49.8. The van der Waals surface area contributed by atoms with Gasteiger partial charge in [-0.1, -0.05) is 251 Å². The largest absolute Gasteiger partial charge is 0.462 e. The van der Waals surface area contributed by atoms with Gasteiger partial charge in [-0.25, -0.2) is 0 Å². The average molecular weight is 926 g/mol. The SMILES string of the molecule is CC\C=C/C=C/C=C/C=C\C=C\C=C\CCCC(CC(=O)NC(CO)C(O)CCCCCCCCCCCCCCCC)OC(=O)CCCCC/C=C\C/C=C\C/C=C\C/C=C\C/C=C\CC. The molecule has 0 aliphatic rings. The molecule has 67 heavy (non-hydrogen) atoms. The third kappa shape index (κ3) is 48.3. The molecule has 6 heteroatoms. The van der Waals surface area contributed by atoms with E-state index in [4.69, 9.17) is 4.74 Å². The number of ether oxygens (including phenoxy) is 1. The zero-order valence-electron chi connectivity index (χ0n) is 43.0. The highest BCUT2D eigenvalue weighted by Gasteiger charge is 2.24. The van der Waals surface area contributed by atoms with Crippen molar-refractivity contribution in [3.05, 3.63) is 134 Å². The van der Waals surface area contributed by atoms with Gasteiger partial charge >= 0.3 is 5.97 Å². The Labute approximate surface area is 412 Å². The van der Waals surface area contributed by atoms with Gasteiger partial charge in [-0.2, -0.15) is 0 Å². The van der Waals surface area contributed by atoms with E-state index in [0.717, 1.165) is 96.3 Å². The van der Waals surface area contributed by atoms with Crippen LogP contribution in [0, 0.1) is 0 Å². The van der Waals surface area contributed by atoms with Crippen LogP contribution in [0.5, 0.6) is 0 Å².